The molecule has 0 fully saturated rings. The first-order chi connectivity index (χ1) is 31.0. The Hall–Kier alpha value is -7.84. The van der Waals surface area contributed by atoms with Crippen LogP contribution in [0.3, 0.4) is 0 Å². The normalized spacial score (nSPS) is 13.9. The van der Waals surface area contributed by atoms with Gasteiger partial charge in [0.1, 0.15) is 46.0 Å². The van der Waals surface area contributed by atoms with E-state index in [4.69, 9.17) is 0 Å². The van der Waals surface area contributed by atoms with E-state index in [1.54, 1.807) is 72.8 Å². The Morgan fingerprint density at radius 1 is 0.203 bits per heavy atom. The largest absolute Gasteiger partial charge is 0.507 e. The van der Waals surface area contributed by atoms with Crippen LogP contribution in [0.25, 0.3) is 0 Å². The smallest absolute Gasteiger partial charge is 0.122 e. The molecule has 64 heavy (non-hydrogen) atoms. The van der Waals surface area contributed by atoms with Crippen molar-refractivity contribution >= 4 is 0 Å². The SMILES string of the molecule is Oc1c2cccc1Cc1cccc(c1O)C(C1c3cccc(c3O)Cc3cccc(c3O)Cc3cccc(c3O)Cc3cccc1c3O)c1cccc(c1O)Cc1cccc(c1O)C2. The van der Waals surface area contributed by atoms with E-state index in [-0.39, 0.29) is 84.5 Å². The molecule has 2 aliphatic rings. The number of fused-ring (bicyclic) bond motifs is 16. The van der Waals surface area contributed by atoms with Gasteiger partial charge >= 0.3 is 0 Å². The van der Waals surface area contributed by atoms with E-state index in [1.165, 1.54) is 0 Å². The molecule has 0 spiro atoms. The summed E-state index contributed by atoms with van der Waals surface area (Å²) in [5, 5.41) is 97.1. The quantitative estimate of drug-likeness (QED) is 0.0810. The molecule has 8 heteroatoms. The number of benzene rings is 8. The summed E-state index contributed by atoms with van der Waals surface area (Å²) in [7, 11) is 0. The highest BCUT2D eigenvalue weighted by molar-refractivity contribution is 5.63. The lowest BCUT2D eigenvalue weighted by molar-refractivity contribution is 0.425. The summed E-state index contributed by atoms with van der Waals surface area (Å²) in [4.78, 5) is 0. The Bertz CT molecular complexity index is 2720. The van der Waals surface area contributed by atoms with Gasteiger partial charge in [-0.2, -0.15) is 0 Å². The van der Waals surface area contributed by atoms with Crippen molar-refractivity contribution in [2.45, 2.75) is 50.4 Å². The lowest BCUT2D eigenvalue weighted by Crippen LogP contribution is -2.17. The van der Waals surface area contributed by atoms with E-state index in [9.17, 15) is 40.9 Å². The number of phenolic OH excluding ortho intramolecular Hbond substituents is 8. The second-order valence-corrected chi connectivity index (χ2v) is 17.1. The van der Waals surface area contributed by atoms with E-state index in [2.05, 4.69) is 0 Å². The monoisotopic (exact) mass is 846 g/mol. The average Bonchev–Trinajstić information content (AvgIpc) is 3.28. The molecule has 0 unspecified atom stereocenters. The van der Waals surface area contributed by atoms with E-state index in [0.29, 0.717) is 89.0 Å². The van der Waals surface area contributed by atoms with Crippen molar-refractivity contribution in [2.24, 2.45) is 0 Å². The molecule has 8 N–H and O–H groups in total. The van der Waals surface area contributed by atoms with Crippen molar-refractivity contribution in [3.05, 3.63) is 235 Å². The molecule has 0 heterocycles. The summed E-state index contributed by atoms with van der Waals surface area (Å²) in [6.45, 7) is 0. The lowest BCUT2D eigenvalue weighted by Gasteiger charge is -2.33. The molecule has 0 aromatic heterocycles. The summed E-state index contributed by atoms with van der Waals surface area (Å²) < 4.78 is 0. The third kappa shape index (κ3) is 6.97. The Labute approximate surface area is 370 Å². The maximum Gasteiger partial charge on any atom is 0.122 e. The molecule has 0 aliphatic heterocycles. The van der Waals surface area contributed by atoms with Gasteiger partial charge in [-0.05, 0) is 66.8 Å². The molecular weight excluding hydrogens is 801 g/mol. The summed E-state index contributed by atoms with van der Waals surface area (Å²) in [5.41, 5.74) is 8.23. The Morgan fingerprint density at radius 2 is 0.344 bits per heavy atom. The molecule has 0 saturated carbocycles. The fourth-order valence-electron chi connectivity index (χ4n) is 10.0. The van der Waals surface area contributed by atoms with Gasteiger partial charge in [0.05, 0.1) is 0 Å². The number of hydrogen-bond donors (Lipinski definition) is 8. The van der Waals surface area contributed by atoms with E-state index < -0.39 is 11.8 Å². The van der Waals surface area contributed by atoms with Crippen molar-refractivity contribution < 1.29 is 40.9 Å². The topological polar surface area (TPSA) is 162 Å². The lowest BCUT2D eigenvalue weighted by atomic mass is 9.71. The maximum atomic E-state index is 12.6. The first-order valence-corrected chi connectivity index (χ1v) is 21.5. The number of rotatable bonds is 1. The zero-order valence-corrected chi connectivity index (χ0v) is 34.8. The molecule has 8 aromatic rings. The zero-order valence-electron chi connectivity index (χ0n) is 34.8. The highest BCUT2D eigenvalue weighted by Gasteiger charge is 2.37. The molecular formula is C56H46O8. The minimum atomic E-state index is -0.984. The molecule has 8 aromatic carbocycles. The van der Waals surface area contributed by atoms with Crippen molar-refractivity contribution in [1.82, 2.24) is 0 Å². The molecule has 16 bridgehead atoms. The molecule has 10 rings (SSSR count). The van der Waals surface area contributed by atoms with Gasteiger partial charge < -0.3 is 40.9 Å². The van der Waals surface area contributed by atoms with Gasteiger partial charge in [0.2, 0.25) is 0 Å². The molecule has 0 amide bonds. The molecule has 2 aliphatic carbocycles. The molecule has 8 nitrogen and oxygen atoms in total. The molecule has 318 valence electrons. The number of hydrogen-bond acceptors (Lipinski definition) is 8. The highest BCUT2D eigenvalue weighted by Crippen LogP contribution is 2.54. The van der Waals surface area contributed by atoms with Gasteiger partial charge in [-0.1, -0.05) is 146 Å². The van der Waals surface area contributed by atoms with E-state index >= 15 is 0 Å². The van der Waals surface area contributed by atoms with Gasteiger partial charge in [0, 0.05) is 72.6 Å². The van der Waals surface area contributed by atoms with Gasteiger partial charge in [0.25, 0.3) is 0 Å². The van der Waals surface area contributed by atoms with Crippen LogP contribution in [0.1, 0.15) is 101 Å². The van der Waals surface area contributed by atoms with Crippen LogP contribution >= 0.6 is 0 Å². The molecule has 0 saturated heterocycles. The van der Waals surface area contributed by atoms with Crippen LogP contribution in [0, 0.1) is 0 Å². The van der Waals surface area contributed by atoms with Gasteiger partial charge in [-0.25, -0.2) is 0 Å². The van der Waals surface area contributed by atoms with Gasteiger partial charge in [0.15, 0.2) is 0 Å². The minimum absolute atomic E-state index is 0.0535. The fraction of sp³-hybridized carbons (Fsp3) is 0.143. The van der Waals surface area contributed by atoms with Crippen LogP contribution in [-0.2, 0) is 38.5 Å². The van der Waals surface area contributed by atoms with Crippen LogP contribution in [0.2, 0.25) is 0 Å². The molecule has 0 atom stereocenters. The van der Waals surface area contributed by atoms with Crippen LogP contribution in [0.5, 0.6) is 46.0 Å². The van der Waals surface area contributed by atoms with Gasteiger partial charge in [-0.3, -0.25) is 0 Å². The summed E-state index contributed by atoms with van der Waals surface area (Å²) in [5.74, 6) is -2.09. The summed E-state index contributed by atoms with van der Waals surface area (Å²) >= 11 is 0. The fourth-order valence-corrected chi connectivity index (χ4v) is 10.0. The van der Waals surface area contributed by atoms with Crippen molar-refractivity contribution in [3.8, 4) is 46.0 Å². The second-order valence-electron chi connectivity index (χ2n) is 17.1. The third-order valence-electron chi connectivity index (χ3n) is 13.4. The van der Waals surface area contributed by atoms with Crippen LogP contribution in [0.4, 0.5) is 0 Å². The highest BCUT2D eigenvalue weighted by atomic mass is 16.3. The number of para-hydroxylation sites is 8. The van der Waals surface area contributed by atoms with Crippen LogP contribution in [-0.4, -0.2) is 40.9 Å². The second kappa shape index (κ2) is 16.1. The van der Waals surface area contributed by atoms with Crippen LogP contribution in [0.15, 0.2) is 146 Å². The summed E-state index contributed by atoms with van der Waals surface area (Å²) in [6.07, 6.45) is 1.07. The van der Waals surface area contributed by atoms with E-state index in [0.717, 1.165) is 0 Å². The first kappa shape index (κ1) is 40.2. The predicted octanol–water partition coefficient (Wildman–Crippen LogP) is 10.5. The maximum absolute atomic E-state index is 12.6. The Kier molecular flexibility index (Phi) is 10.1. The standard InChI is InChI=1S/C56H46O8/c57-49-31-9-1-13-35(49)27-39-17-5-21-43(53(39)61)47(44-22-6-18-40(54(44)62)28-36-14-2-10-32(25-31)50(36)58)48-45-23-7-19-41(55(45)63)29-37-15-3-11-33(51(37)59)26-34-12-4-16-38(52(34)60)30-42-20-8-24-46(48)56(42)64/h1-24,47-48,57-64H,25-30H2. The average molecular weight is 847 g/mol. The summed E-state index contributed by atoms with van der Waals surface area (Å²) in [6, 6.07) is 43.3. The predicted molar refractivity (Wildman–Crippen MR) is 245 cm³/mol. The zero-order chi connectivity index (χ0) is 44.2. The van der Waals surface area contributed by atoms with Gasteiger partial charge in [-0.15, -0.1) is 0 Å². The third-order valence-corrected chi connectivity index (χ3v) is 13.4. The van der Waals surface area contributed by atoms with Crippen molar-refractivity contribution in [2.75, 3.05) is 0 Å². The Balaban J connectivity index is 1.27. The van der Waals surface area contributed by atoms with Crippen molar-refractivity contribution in [3.63, 3.8) is 0 Å². The first-order valence-electron chi connectivity index (χ1n) is 21.5. The number of phenols is 8. The number of aromatic hydroxyl groups is 8. The van der Waals surface area contributed by atoms with E-state index in [1.807, 2.05) is 72.8 Å². The Morgan fingerprint density at radius 3 is 0.516 bits per heavy atom. The van der Waals surface area contributed by atoms with Crippen molar-refractivity contribution in [1.29, 1.82) is 0 Å². The molecule has 0 radical (unpaired) electrons. The minimum Gasteiger partial charge on any atom is -0.507 e. The van der Waals surface area contributed by atoms with Crippen LogP contribution < -0.4 is 0 Å².